The maximum Gasteiger partial charge on any atom is 0.269 e. The summed E-state index contributed by atoms with van der Waals surface area (Å²) in [7, 11) is 0. The van der Waals surface area contributed by atoms with Gasteiger partial charge in [0.15, 0.2) is 5.11 Å². The fourth-order valence-corrected chi connectivity index (χ4v) is 3.52. The van der Waals surface area contributed by atoms with Crippen LogP contribution in [0.4, 0.5) is 5.69 Å². The number of carbonyl (C=O) groups is 3. The lowest BCUT2D eigenvalue weighted by Gasteiger charge is -2.24. The number of nitrogens with one attached hydrogen (secondary N) is 2. The topological polar surface area (TPSA) is 81.8 Å². The van der Waals surface area contributed by atoms with Gasteiger partial charge in [0.1, 0.15) is 6.04 Å². The number of likely N-dealkylation sites (N-methyl/N-ethyl adjacent to an activating group) is 1. The minimum atomic E-state index is -0.947. The normalized spacial score (nSPS) is 16.1. The zero-order valence-corrected chi connectivity index (χ0v) is 17.2. The second kappa shape index (κ2) is 9.02. The van der Waals surface area contributed by atoms with E-state index < -0.39 is 17.9 Å². The molecule has 2 aromatic rings. The number of rotatable bonds is 6. The Morgan fingerprint density at radius 1 is 1.10 bits per heavy atom. The number of hydrogen-bond acceptors (Lipinski definition) is 4. The van der Waals surface area contributed by atoms with E-state index in [1.54, 1.807) is 61.5 Å². The van der Waals surface area contributed by atoms with E-state index in [0.717, 1.165) is 0 Å². The molecule has 2 aromatic carbocycles. The Balaban J connectivity index is 1.77. The van der Waals surface area contributed by atoms with Crippen LogP contribution >= 0.6 is 23.8 Å². The SMILES string of the molecule is CCN1C(=O)C(CC(=O)Nc2ccccc2Cl)N(NC(=O)c2ccccc2)C1=S. The number of hydrazine groups is 1. The van der Waals surface area contributed by atoms with Crippen molar-refractivity contribution in [3.8, 4) is 0 Å². The van der Waals surface area contributed by atoms with Gasteiger partial charge in [-0.3, -0.25) is 24.7 Å². The van der Waals surface area contributed by atoms with Crippen LogP contribution in [0, 0.1) is 0 Å². The van der Waals surface area contributed by atoms with Gasteiger partial charge in [-0.2, -0.15) is 0 Å². The number of halogens is 1. The van der Waals surface area contributed by atoms with Crippen molar-refractivity contribution in [2.24, 2.45) is 0 Å². The van der Waals surface area contributed by atoms with Gasteiger partial charge in [-0.25, -0.2) is 5.01 Å². The fourth-order valence-electron chi connectivity index (χ4n) is 2.95. The summed E-state index contributed by atoms with van der Waals surface area (Å²) in [6.07, 6.45) is -0.199. The monoisotopic (exact) mass is 430 g/mol. The molecule has 1 saturated heterocycles. The van der Waals surface area contributed by atoms with E-state index in [-0.39, 0.29) is 17.4 Å². The van der Waals surface area contributed by atoms with E-state index in [4.69, 9.17) is 23.8 Å². The molecule has 150 valence electrons. The molecule has 3 amide bonds. The molecule has 0 spiro atoms. The van der Waals surface area contributed by atoms with Gasteiger partial charge in [-0.05, 0) is 43.4 Å². The molecule has 1 aliphatic rings. The largest absolute Gasteiger partial charge is 0.325 e. The maximum absolute atomic E-state index is 12.8. The number of anilines is 1. The standard InChI is InChI=1S/C20H19ClN4O3S/c1-2-24-19(28)16(12-17(26)22-15-11-7-6-10-14(15)21)25(20(24)29)23-18(27)13-8-4-3-5-9-13/h3-11,16H,2,12H2,1H3,(H,22,26)(H,23,27). The molecule has 0 radical (unpaired) electrons. The Morgan fingerprint density at radius 3 is 2.41 bits per heavy atom. The fraction of sp³-hybridized carbons (Fsp3) is 0.200. The average molecular weight is 431 g/mol. The Hall–Kier alpha value is -2.97. The van der Waals surface area contributed by atoms with Crippen LogP contribution in [0.2, 0.25) is 5.02 Å². The molecule has 1 heterocycles. The zero-order valence-electron chi connectivity index (χ0n) is 15.6. The molecule has 0 bridgehead atoms. The number of hydrogen-bond donors (Lipinski definition) is 2. The summed E-state index contributed by atoms with van der Waals surface area (Å²) in [5, 5.41) is 4.50. The van der Waals surface area contributed by atoms with Crippen LogP contribution in [0.1, 0.15) is 23.7 Å². The van der Waals surface area contributed by atoms with Crippen molar-refractivity contribution in [3.63, 3.8) is 0 Å². The highest BCUT2D eigenvalue weighted by Gasteiger charge is 2.43. The molecule has 9 heteroatoms. The number of thiocarbonyl (C=S) groups is 1. The number of para-hydroxylation sites is 1. The zero-order chi connectivity index (χ0) is 21.0. The molecular formula is C20H19ClN4O3S. The maximum atomic E-state index is 12.8. The van der Waals surface area contributed by atoms with Crippen molar-refractivity contribution in [2.45, 2.75) is 19.4 Å². The van der Waals surface area contributed by atoms with Crippen LogP contribution < -0.4 is 10.7 Å². The van der Waals surface area contributed by atoms with Crippen molar-refractivity contribution in [2.75, 3.05) is 11.9 Å². The highest BCUT2D eigenvalue weighted by Crippen LogP contribution is 2.23. The highest BCUT2D eigenvalue weighted by molar-refractivity contribution is 7.80. The smallest absolute Gasteiger partial charge is 0.269 e. The van der Waals surface area contributed by atoms with Crippen LogP contribution in [0.3, 0.4) is 0 Å². The molecular weight excluding hydrogens is 412 g/mol. The molecule has 1 unspecified atom stereocenters. The molecule has 0 aliphatic carbocycles. The van der Waals surface area contributed by atoms with Crippen LogP contribution in [0.25, 0.3) is 0 Å². The molecule has 1 fully saturated rings. The molecule has 2 N–H and O–H groups in total. The summed E-state index contributed by atoms with van der Waals surface area (Å²) >= 11 is 11.4. The Kier molecular flexibility index (Phi) is 6.46. The van der Waals surface area contributed by atoms with Crippen molar-refractivity contribution < 1.29 is 14.4 Å². The third kappa shape index (κ3) is 4.55. The average Bonchev–Trinajstić information content (AvgIpc) is 2.93. The molecule has 0 saturated carbocycles. The van der Waals surface area contributed by atoms with Gasteiger partial charge >= 0.3 is 0 Å². The summed E-state index contributed by atoms with van der Waals surface area (Å²) in [6, 6.07) is 14.4. The molecule has 0 aromatic heterocycles. The first-order valence-electron chi connectivity index (χ1n) is 8.97. The van der Waals surface area contributed by atoms with E-state index in [2.05, 4.69) is 10.7 Å². The third-order valence-corrected chi connectivity index (χ3v) is 5.15. The minimum absolute atomic E-state index is 0.150. The molecule has 1 atom stereocenters. The van der Waals surface area contributed by atoms with Gasteiger partial charge in [0.05, 0.1) is 17.1 Å². The van der Waals surface area contributed by atoms with Crippen LogP contribution in [-0.4, -0.2) is 45.3 Å². The first-order chi connectivity index (χ1) is 13.9. The van der Waals surface area contributed by atoms with E-state index in [1.807, 2.05) is 0 Å². The Labute approximate surface area is 178 Å². The van der Waals surface area contributed by atoms with Crippen LogP contribution in [-0.2, 0) is 9.59 Å². The highest BCUT2D eigenvalue weighted by atomic mass is 35.5. The molecule has 3 rings (SSSR count). The number of amides is 3. The second-order valence-corrected chi connectivity index (χ2v) is 7.06. The number of benzene rings is 2. The van der Waals surface area contributed by atoms with Crippen LogP contribution in [0.5, 0.6) is 0 Å². The first kappa shape index (κ1) is 20.8. The molecule has 29 heavy (non-hydrogen) atoms. The Morgan fingerprint density at radius 2 is 1.76 bits per heavy atom. The van der Waals surface area contributed by atoms with E-state index in [0.29, 0.717) is 22.8 Å². The van der Waals surface area contributed by atoms with Gasteiger partial charge in [0.25, 0.3) is 11.8 Å². The summed E-state index contributed by atoms with van der Waals surface area (Å²) in [4.78, 5) is 39.2. The number of nitrogens with zero attached hydrogens (tertiary/aromatic N) is 2. The minimum Gasteiger partial charge on any atom is -0.325 e. The van der Waals surface area contributed by atoms with Crippen molar-refractivity contribution in [1.82, 2.24) is 15.3 Å². The third-order valence-electron chi connectivity index (χ3n) is 4.40. The lowest BCUT2D eigenvalue weighted by molar-refractivity contribution is -0.130. The van der Waals surface area contributed by atoms with Gasteiger partial charge in [0.2, 0.25) is 5.91 Å². The lowest BCUT2D eigenvalue weighted by Crippen LogP contribution is -2.49. The Bertz CT molecular complexity index is 954. The summed E-state index contributed by atoms with van der Waals surface area (Å²) in [5.41, 5.74) is 3.51. The van der Waals surface area contributed by atoms with E-state index >= 15 is 0 Å². The van der Waals surface area contributed by atoms with Crippen molar-refractivity contribution >= 4 is 52.3 Å². The van der Waals surface area contributed by atoms with E-state index in [9.17, 15) is 14.4 Å². The van der Waals surface area contributed by atoms with Gasteiger partial charge < -0.3 is 5.32 Å². The van der Waals surface area contributed by atoms with Crippen LogP contribution in [0.15, 0.2) is 54.6 Å². The quantitative estimate of drug-likeness (QED) is 0.689. The van der Waals surface area contributed by atoms with Gasteiger partial charge in [0, 0.05) is 12.1 Å². The lowest BCUT2D eigenvalue weighted by atomic mass is 10.1. The molecule has 7 nitrogen and oxygen atoms in total. The summed E-state index contributed by atoms with van der Waals surface area (Å²) < 4.78 is 0. The summed E-state index contributed by atoms with van der Waals surface area (Å²) in [5.74, 6) is -1.19. The number of carbonyl (C=O) groups excluding carboxylic acids is 3. The van der Waals surface area contributed by atoms with Gasteiger partial charge in [-0.15, -0.1) is 0 Å². The second-order valence-electron chi connectivity index (χ2n) is 6.29. The van der Waals surface area contributed by atoms with Crippen molar-refractivity contribution in [3.05, 3.63) is 65.2 Å². The van der Waals surface area contributed by atoms with Crippen molar-refractivity contribution in [1.29, 1.82) is 0 Å². The predicted octanol–water partition coefficient (Wildman–Crippen LogP) is 2.83. The van der Waals surface area contributed by atoms with E-state index in [1.165, 1.54) is 9.91 Å². The molecule has 1 aliphatic heterocycles. The van der Waals surface area contributed by atoms with Gasteiger partial charge in [-0.1, -0.05) is 41.9 Å². The summed E-state index contributed by atoms with van der Waals surface area (Å²) in [6.45, 7) is 2.10. The predicted molar refractivity (Wildman–Crippen MR) is 114 cm³/mol. The first-order valence-corrected chi connectivity index (χ1v) is 9.76.